The molecule has 0 fully saturated rings. The minimum absolute atomic E-state index is 0.0555. The van der Waals surface area contributed by atoms with Gasteiger partial charge in [0, 0.05) is 10.5 Å². The molecule has 0 saturated carbocycles. The highest BCUT2D eigenvalue weighted by molar-refractivity contribution is 9.10. The summed E-state index contributed by atoms with van der Waals surface area (Å²) in [6.45, 7) is 0. The van der Waals surface area contributed by atoms with Crippen LogP contribution in [0.3, 0.4) is 0 Å². The van der Waals surface area contributed by atoms with Crippen LogP contribution in [0.1, 0.15) is 17.2 Å². The van der Waals surface area contributed by atoms with Crippen molar-refractivity contribution in [3.05, 3.63) is 70.2 Å². The molecule has 1 nitrogen and oxygen atoms in total. The average molecular weight is 276 g/mol. The van der Waals surface area contributed by atoms with Crippen LogP contribution in [0.2, 0.25) is 0 Å². The van der Waals surface area contributed by atoms with Crippen LogP contribution in [0, 0.1) is 0 Å². The van der Waals surface area contributed by atoms with Gasteiger partial charge < -0.3 is 5.73 Å². The van der Waals surface area contributed by atoms with Crippen molar-refractivity contribution in [1.29, 1.82) is 0 Å². The van der Waals surface area contributed by atoms with E-state index in [4.69, 9.17) is 5.73 Å². The third-order valence-electron chi connectivity index (χ3n) is 2.63. The SMILES string of the molecule is NC(Cc1ccccc1Br)c1ccccc1. The molecule has 0 aliphatic heterocycles. The number of hydrogen-bond acceptors (Lipinski definition) is 1. The molecule has 0 aliphatic carbocycles. The Kier molecular flexibility index (Phi) is 3.75. The Morgan fingerprint density at radius 2 is 1.56 bits per heavy atom. The molecule has 0 aliphatic rings. The van der Waals surface area contributed by atoms with Crippen molar-refractivity contribution in [2.24, 2.45) is 5.73 Å². The molecular weight excluding hydrogens is 262 g/mol. The summed E-state index contributed by atoms with van der Waals surface area (Å²) in [6, 6.07) is 18.5. The molecule has 1 unspecified atom stereocenters. The van der Waals surface area contributed by atoms with Crippen LogP contribution in [0.25, 0.3) is 0 Å². The number of nitrogens with two attached hydrogens (primary N) is 1. The molecule has 82 valence electrons. The van der Waals surface area contributed by atoms with Gasteiger partial charge in [0.15, 0.2) is 0 Å². The zero-order chi connectivity index (χ0) is 11.4. The first kappa shape index (κ1) is 11.4. The van der Waals surface area contributed by atoms with E-state index in [2.05, 4.69) is 34.1 Å². The molecule has 2 N–H and O–H groups in total. The van der Waals surface area contributed by atoms with Gasteiger partial charge >= 0.3 is 0 Å². The highest BCUT2D eigenvalue weighted by Gasteiger charge is 2.08. The topological polar surface area (TPSA) is 26.0 Å². The van der Waals surface area contributed by atoms with Crippen LogP contribution in [0.4, 0.5) is 0 Å². The summed E-state index contributed by atoms with van der Waals surface area (Å²) in [7, 11) is 0. The van der Waals surface area contributed by atoms with Crippen molar-refractivity contribution in [3.63, 3.8) is 0 Å². The van der Waals surface area contributed by atoms with Crippen LogP contribution >= 0.6 is 15.9 Å². The predicted octanol–water partition coefficient (Wildman–Crippen LogP) is 3.69. The van der Waals surface area contributed by atoms with Gasteiger partial charge in [-0.25, -0.2) is 0 Å². The van der Waals surface area contributed by atoms with Crippen molar-refractivity contribution >= 4 is 15.9 Å². The molecule has 0 bridgehead atoms. The summed E-state index contributed by atoms with van der Waals surface area (Å²) in [5, 5.41) is 0. The quantitative estimate of drug-likeness (QED) is 0.909. The monoisotopic (exact) mass is 275 g/mol. The average Bonchev–Trinajstić information content (AvgIpc) is 2.33. The maximum atomic E-state index is 6.18. The number of halogens is 1. The summed E-state index contributed by atoms with van der Waals surface area (Å²) >= 11 is 3.54. The van der Waals surface area contributed by atoms with E-state index in [9.17, 15) is 0 Å². The van der Waals surface area contributed by atoms with Gasteiger partial charge in [0.2, 0.25) is 0 Å². The second kappa shape index (κ2) is 5.28. The van der Waals surface area contributed by atoms with Gasteiger partial charge in [-0.15, -0.1) is 0 Å². The van der Waals surface area contributed by atoms with Crippen LogP contribution in [0.15, 0.2) is 59.1 Å². The van der Waals surface area contributed by atoms with E-state index in [1.54, 1.807) is 0 Å². The fourth-order valence-electron chi connectivity index (χ4n) is 1.72. The van der Waals surface area contributed by atoms with Crippen molar-refractivity contribution in [2.75, 3.05) is 0 Å². The summed E-state index contributed by atoms with van der Waals surface area (Å²) in [5.74, 6) is 0. The normalized spacial score (nSPS) is 12.4. The Bertz CT molecular complexity index is 453. The second-order valence-corrected chi connectivity index (χ2v) is 4.67. The fourth-order valence-corrected chi connectivity index (χ4v) is 2.17. The Balaban J connectivity index is 2.14. The first-order valence-corrected chi connectivity index (χ1v) is 6.10. The number of benzene rings is 2. The standard InChI is InChI=1S/C14H14BrN/c15-13-9-5-4-8-12(13)10-14(16)11-6-2-1-3-7-11/h1-9,14H,10,16H2. The number of rotatable bonds is 3. The summed E-state index contributed by atoms with van der Waals surface area (Å²) in [5.41, 5.74) is 8.60. The van der Waals surface area contributed by atoms with Crippen LogP contribution in [-0.4, -0.2) is 0 Å². The first-order chi connectivity index (χ1) is 7.77. The maximum absolute atomic E-state index is 6.18. The van der Waals surface area contributed by atoms with Crippen molar-refractivity contribution in [2.45, 2.75) is 12.5 Å². The van der Waals surface area contributed by atoms with E-state index >= 15 is 0 Å². The highest BCUT2D eigenvalue weighted by Crippen LogP contribution is 2.22. The molecule has 0 spiro atoms. The lowest BCUT2D eigenvalue weighted by Gasteiger charge is -2.13. The summed E-state index contributed by atoms with van der Waals surface area (Å²) in [4.78, 5) is 0. The van der Waals surface area contributed by atoms with Crippen molar-refractivity contribution in [1.82, 2.24) is 0 Å². The first-order valence-electron chi connectivity index (χ1n) is 5.31. The Hall–Kier alpha value is -1.12. The lowest BCUT2D eigenvalue weighted by atomic mass is 10.00. The molecule has 0 radical (unpaired) electrons. The van der Waals surface area contributed by atoms with Gasteiger partial charge in [-0.1, -0.05) is 64.5 Å². The molecule has 1 atom stereocenters. The smallest absolute Gasteiger partial charge is 0.0336 e. The Morgan fingerprint density at radius 1 is 0.938 bits per heavy atom. The second-order valence-electron chi connectivity index (χ2n) is 3.81. The maximum Gasteiger partial charge on any atom is 0.0336 e. The van der Waals surface area contributed by atoms with Crippen molar-refractivity contribution < 1.29 is 0 Å². The van der Waals surface area contributed by atoms with Gasteiger partial charge in [0.05, 0.1) is 0 Å². The summed E-state index contributed by atoms with van der Waals surface area (Å²) < 4.78 is 1.13. The zero-order valence-electron chi connectivity index (χ0n) is 8.94. The van der Waals surface area contributed by atoms with Crippen LogP contribution in [0.5, 0.6) is 0 Å². The molecule has 0 amide bonds. The van der Waals surface area contributed by atoms with E-state index in [1.165, 1.54) is 11.1 Å². The molecule has 0 aromatic heterocycles. The van der Waals surface area contributed by atoms with Crippen molar-refractivity contribution in [3.8, 4) is 0 Å². The Labute approximate surface area is 104 Å². The lowest BCUT2D eigenvalue weighted by molar-refractivity contribution is 0.720. The molecular formula is C14H14BrN. The van der Waals surface area contributed by atoms with Gasteiger partial charge in [0.25, 0.3) is 0 Å². The molecule has 2 heteroatoms. The minimum atomic E-state index is 0.0555. The molecule has 2 aromatic carbocycles. The van der Waals surface area contributed by atoms with Gasteiger partial charge in [-0.3, -0.25) is 0 Å². The lowest BCUT2D eigenvalue weighted by Crippen LogP contribution is -2.13. The zero-order valence-corrected chi connectivity index (χ0v) is 10.5. The molecule has 0 heterocycles. The van der Waals surface area contributed by atoms with E-state index in [0.717, 1.165) is 10.9 Å². The third kappa shape index (κ3) is 2.71. The van der Waals surface area contributed by atoms with Crippen LogP contribution in [-0.2, 0) is 6.42 Å². The minimum Gasteiger partial charge on any atom is -0.324 e. The Morgan fingerprint density at radius 3 is 2.25 bits per heavy atom. The van der Waals surface area contributed by atoms with Gasteiger partial charge in [-0.05, 0) is 23.6 Å². The van der Waals surface area contributed by atoms with E-state index in [1.807, 2.05) is 36.4 Å². The molecule has 2 aromatic rings. The highest BCUT2D eigenvalue weighted by atomic mass is 79.9. The largest absolute Gasteiger partial charge is 0.324 e. The number of hydrogen-bond donors (Lipinski definition) is 1. The van der Waals surface area contributed by atoms with Crippen LogP contribution < -0.4 is 5.73 Å². The van der Waals surface area contributed by atoms with Gasteiger partial charge in [0.1, 0.15) is 0 Å². The molecule has 16 heavy (non-hydrogen) atoms. The molecule has 0 saturated heterocycles. The van der Waals surface area contributed by atoms with Gasteiger partial charge in [-0.2, -0.15) is 0 Å². The molecule has 2 rings (SSSR count). The summed E-state index contributed by atoms with van der Waals surface area (Å²) in [6.07, 6.45) is 0.853. The fraction of sp³-hybridized carbons (Fsp3) is 0.143. The van der Waals surface area contributed by atoms with E-state index in [-0.39, 0.29) is 6.04 Å². The predicted molar refractivity (Wildman–Crippen MR) is 71.2 cm³/mol. The van der Waals surface area contributed by atoms with E-state index in [0.29, 0.717) is 0 Å². The third-order valence-corrected chi connectivity index (χ3v) is 3.40. The van der Waals surface area contributed by atoms with E-state index < -0.39 is 0 Å².